The van der Waals surface area contributed by atoms with E-state index >= 15 is 0 Å². The molecule has 27 heavy (non-hydrogen) atoms. The molecule has 0 radical (unpaired) electrons. The Balaban J connectivity index is 1.49. The number of likely N-dealkylation sites (N-methyl/N-ethyl adjacent to an activating group) is 1. The van der Waals surface area contributed by atoms with Crippen LogP contribution >= 0.6 is 24.0 Å². The van der Waals surface area contributed by atoms with E-state index in [-0.39, 0.29) is 11.8 Å². The molecule has 4 rings (SSSR count). The van der Waals surface area contributed by atoms with Gasteiger partial charge >= 0.3 is 0 Å². The number of carbonyl (C=O) groups excluding carboxylic acids is 2. The summed E-state index contributed by atoms with van der Waals surface area (Å²) in [6.45, 7) is 0. The molecule has 0 saturated carbocycles. The van der Waals surface area contributed by atoms with Gasteiger partial charge in [0.1, 0.15) is 4.32 Å². The highest BCUT2D eigenvalue weighted by Gasteiger charge is 2.28. The zero-order chi connectivity index (χ0) is 19.0. The van der Waals surface area contributed by atoms with E-state index < -0.39 is 0 Å². The Hall–Kier alpha value is -2.97. The number of amides is 2. The molecule has 1 aliphatic heterocycles. The average Bonchev–Trinajstić information content (AvgIpc) is 3.18. The molecule has 0 unspecified atom stereocenters. The van der Waals surface area contributed by atoms with Crippen LogP contribution in [0.25, 0.3) is 17.1 Å². The van der Waals surface area contributed by atoms with E-state index in [1.54, 1.807) is 37.4 Å². The highest BCUT2D eigenvalue weighted by molar-refractivity contribution is 8.26. The predicted molar refractivity (Wildman–Crippen MR) is 111 cm³/mol. The van der Waals surface area contributed by atoms with Gasteiger partial charge in [0, 0.05) is 12.6 Å². The number of aromatic nitrogens is 2. The van der Waals surface area contributed by atoms with Gasteiger partial charge in [-0.2, -0.15) is 0 Å². The van der Waals surface area contributed by atoms with E-state index in [1.807, 2.05) is 24.3 Å². The lowest BCUT2D eigenvalue weighted by molar-refractivity contribution is -0.121. The highest BCUT2D eigenvalue weighted by atomic mass is 32.2. The van der Waals surface area contributed by atoms with E-state index in [9.17, 15) is 9.59 Å². The Kier molecular flexibility index (Phi) is 4.51. The van der Waals surface area contributed by atoms with Crippen LogP contribution in [0, 0.1) is 0 Å². The Bertz CT molecular complexity index is 1070. The number of rotatable bonds is 3. The van der Waals surface area contributed by atoms with Crippen LogP contribution in [-0.2, 0) is 4.79 Å². The summed E-state index contributed by atoms with van der Waals surface area (Å²) in [6.07, 6.45) is 1.77. The van der Waals surface area contributed by atoms with Crippen LogP contribution in [0.5, 0.6) is 0 Å². The van der Waals surface area contributed by atoms with Crippen LogP contribution in [0.3, 0.4) is 0 Å². The summed E-state index contributed by atoms with van der Waals surface area (Å²) in [6, 6.07) is 14.5. The first kappa shape index (κ1) is 17.4. The number of fused-ring (bicyclic) bond motifs is 1. The molecular formula is C19H14N4O2S2. The molecule has 8 heteroatoms. The number of H-pyrrole nitrogens is 1. The Morgan fingerprint density at radius 1 is 1.22 bits per heavy atom. The van der Waals surface area contributed by atoms with Crippen molar-refractivity contribution in [1.29, 1.82) is 0 Å². The van der Waals surface area contributed by atoms with E-state index in [0.717, 1.165) is 16.6 Å². The number of nitrogens with one attached hydrogen (secondary N) is 2. The smallest absolute Gasteiger partial charge is 0.265 e. The van der Waals surface area contributed by atoms with Gasteiger partial charge in [-0.05, 0) is 35.9 Å². The first-order chi connectivity index (χ1) is 13.0. The maximum Gasteiger partial charge on any atom is 0.265 e. The maximum atomic E-state index is 12.4. The number of para-hydroxylation sites is 2. The van der Waals surface area contributed by atoms with Crippen molar-refractivity contribution in [2.24, 2.45) is 0 Å². The summed E-state index contributed by atoms with van der Waals surface area (Å²) in [7, 11) is 1.66. The molecule has 0 atom stereocenters. The molecule has 0 spiro atoms. The summed E-state index contributed by atoms with van der Waals surface area (Å²) in [5, 5.41) is 2.76. The van der Waals surface area contributed by atoms with Gasteiger partial charge in [-0.25, -0.2) is 4.98 Å². The lowest BCUT2D eigenvalue weighted by Gasteiger charge is -2.04. The quantitative estimate of drug-likeness (QED) is 0.524. The largest absolute Gasteiger partial charge is 0.324 e. The van der Waals surface area contributed by atoms with Gasteiger partial charge in [0.05, 0.1) is 15.9 Å². The molecule has 0 bridgehead atoms. The maximum absolute atomic E-state index is 12.4. The third-order valence-corrected chi connectivity index (χ3v) is 5.56. The van der Waals surface area contributed by atoms with Crippen LogP contribution in [0.1, 0.15) is 15.9 Å². The minimum Gasteiger partial charge on any atom is -0.324 e. The van der Waals surface area contributed by atoms with Crippen molar-refractivity contribution >= 4 is 63.2 Å². The summed E-state index contributed by atoms with van der Waals surface area (Å²) >= 11 is 6.39. The van der Waals surface area contributed by atoms with Crippen LogP contribution in [0.15, 0.2) is 53.4 Å². The number of carbonyl (C=O) groups is 2. The molecule has 1 fully saturated rings. The van der Waals surface area contributed by atoms with Gasteiger partial charge in [-0.15, -0.1) is 0 Å². The van der Waals surface area contributed by atoms with Gasteiger partial charge < -0.3 is 4.98 Å². The topological polar surface area (TPSA) is 78.1 Å². The standard InChI is InChI=1S/C19H14N4O2S2/c1-23-17(25)15(27-19(23)26)10-11-6-8-12(9-7-11)16(24)22-18-20-13-4-2-3-5-14(13)21-18/h2-10H,1H3,(H2,20,21,22,24)/b15-10-. The summed E-state index contributed by atoms with van der Waals surface area (Å²) in [4.78, 5) is 33.9. The predicted octanol–water partition coefficient (Wildman–Crippen LogP) is 3.65. The van der Waals surface area contributed by atoms with Gasteiger partial charge in [0.25, 0.3) is 11.8 Å². The van der Waals surface area contributed by atoms with Crippen molar-refractivity contribution < 1.29 is 9.59 Å². The average molecular weight is 394 g/mol. The van der Waals surface area contributed by atoms with Crippen molar-refractivity contribution in [3.63, 3.8) is 0 Å². The van der Waals surface area contributed by atoms with Crippen molar-refractivity contribution in [2.75, 3.05) is 12.4 Å². The lowest BCUT2D eigenvalue weighted by Crippen LogP contribution is -2.22. The molecule has 1 aromatic heterocycles. The second-order valence-electron chi connectivity index (χ2n) is 5.92. The summed E-state index contributed by atoms with van der Waals surface area (Å²) in [5.41, 5.74) is 2.97. The highest BCUT2D eigenvalue weighted by Crippen LogP contribution is 2.31. The number of thioether (sulfide) groups is 1. The van der Waals surface area contributed by atoms with Crippen LogP contribution in [0.2, 0.25) is 0 Å². The molecule has 0 aliphatic carbocycles. The molecule has 6 nitrogen and oxygen atoms in total. The number of benzene rings is 2. The Labute approximate surface area is 164 Å². The number of anilines is 1. The number of thiocarbonyl (C=S) groups is 1. The number of hydrogen-bond acceptors (Lipinski definition) is 5. The van der Waals surface area contributed by atoms with Crippen molar-refractivity contribution in [3.05, 3.63) is 64.6 Å². The van der Waals surface area contributed by atoms with Gasteiger partial charge in [-0.3, -0.25) is 19.8 Å². The third kappa shape index (κ3) is 3.49. The van der Waals surface area contributed by atoms with Crippen molar-refractivity contribution in [3.8, 4) is 0 Å². The van der Waals surface area contributed by atoms with Gasteiger partial charge in [0.15, 0.2) is 0 Å². The fraction of sp³-hybridized carbons (Fsp3) is 0.0526. The zero-order valence-electron chi connectivity index (χ0n) is 14.2. The minimum absolute atomic E-state index is 0.114. The molecule has 3 aromatic rings. The first-order valence-electron chi connectivity index (χ1n) is 8.09. The number of aromatic amines is 1. The number of hydrogen-bond donors (Lipinski definition) is 2. The van der Waals surface area contributed by atoms with Crippen LogP contribution in [0.4, 0.5) is 5.95 Å². The van der Waals surface area contributed by atoms with Crippen LogP contribution in [-0.4, -0.2) is 38.1 Å². The zero-order valence-corrected chi connectivity index (χ0v) is 15.9. The fourth-order valence-corrected chi connectivity index (χ4v) is 3.80. The normalized spacial score (nSPS) is 15.7. The molecule has 2 aromatic carbocycles. The molecule has 2 heterocycles. The molecule has 134 valence electrons. The van der Waals surface area contributed by atoms with E-state index in [1.165, 1.54) is 16.7 Å². The fourth-order valence-electron chi connectivity index (χ4n) is 2.62. The minimum atomic E-state index is -0.263. The third-order valence-electron chi connectivity index (χ3n) is 4.08. The second kappa shape index (κ2) is 6.98. The van der Waals surface area contributed by atoms with E-state index in [4.69, 9.17) is 12.2 Å². The van der Waals surface area contributed by atoms with Crippen molar-refractivity contribution in [2.45, 2.75) is 0 Å². The Morgan fingerprint density at radius 2 is 1.96 bits per heavy atom. The number of imidazole rings is 1. The molecule has 2 N–H and O–H groups in total. The lowest BCUT2D eigenvalue weighted by atomic mass is 10.1. The molecule has 2 amide bonds. The van der Waals surface area contributed by atoms with E-state index in [2.05, 4.69) is 15.3 Å². The van der Waals surface area contributed by atoms with Crippen LogP contribution < -0.4 is 5.32 Å². The summed E-state index contributed by atoms with van der Waals surface area (Å²) < 4.78 is 0.535. The molecule has 1 saturated heterocycles. The second-order valence-corrected chi connectivity index (χ2v) is 7.60. The van der Waals surface area contributed by atoms with Gasteiger partial charge in [0.2, 0.25) is 5.95 Å². The SMILES string of the molecule is CN1C(=O)/C(=C/c2ccc(C(=O)Nc3nc4ccccc4[nH]3)cc2)SC1=S. The van der Waals surface area contributed by atoms with E-state index in [0.29, 0.717) is 20.7 Å². The Morgan fingerprint density at radius 3 is 2.63 bits per heavy atom. The first-order valence-corrected chi connectivity index (χ1v) is 9.31. The monoisotopic (exact) mass is 394 g/mol. The summed E-state index contributed by atoms with van der Waals surface area (Å²) in [5.74, 6) is 0.0223. The molecule has 1 aliphatic rings. The van der Waals surface area contributed by atoms with Gasteiger partial charge in [-0.1, -0.05) is 48.2 Å². The van der Waals surface area contributed by atoms with Crippen molar-refractivity contribution in [1.82, 2.24) is 14.9 Å². The molecular weight excluding hydrogens is 380 g/mol. The number of nitrogens with zero attached hydrogens (tertiary/aromatic N) is 2.